The molecule has 0 radical (unpaired) electrons. The van der Waals surface area contributed by atoms with Crippen molar-refractivity contribution >= 4 is 11.8 Å². The summed E-state index contributed by atoms with van der Waals surface area (Å²) in [6, 6.07) is 4.05. The van der Waals surface area contributed by atoms with Crippen molar-refractivity contribution in [3.8, 4) is 0 Å². The Morgan fingerprint density at radius 1 is 1.38 bits per heavy atom. The van der Waals surface area contributed by atoms with Gasteiger partial charge in [-0.2, -0.15) is 0 Å². The molecule has 2 unspecified atom stereocenters. The molecule has 1 aromatic heterocycles. The minimum atomic E-state index is -0.246. The van der Waals surface area contributed by atoms with Crippen LogP contribution in [0.3, 0.4) is 0 Å². The molecule has 4 aliphatic rings. The molecule has 1 aromatic rings. The van der Waals surface area contributed by atoms with Gasteiger partial charge in [0.25, 0.3) is 0 Å². The topological polar surface area (TPSA) is 77.5 Å². The van der Waals surface area contributed by atoms with Crippen LogP contribution in [0.4, 0.5) is 0 Å². The molecule has 6 nitrogen and oxygen atoms in total. The van der Waals surface area contributed by atoms with Gasteiger partial charge in [-0.05, 0) is 67.5 Å². The van der Waals surface area contributed by atoms with Crippen molar-refractivity contribution in [1.29, 1.82) is 0 Å². The maximum atomic E-state index is 12.8. The summed E-state index contributed by atoms with van der Waals surface area (Å²) in [6.45, 7) is 4.62. The Labute approximate surface area is 189 Å². The number of carbonyl (C=O) groups is 2. The van der Waals surface area contributed by atoms with Crippen LogP contribution in [0.1, 0.15) is 57.4 Å². The molecule has 0 saturated heterocycles. The summed E-state index contributed by atoms with van der Waals surface area (Å²) in [6.07, 6.45) is 9.55. The molecule has 0 aromatic carbocycles. The van der Waals surface area contributed by atoms with Gasteiger partial charge in [-0.25, -0.2) is 0 Å². The van der Waals surface area contributed by atoms with Crippen molar-refractivity contribution in [2.75, 3.05) is 13.6 Å². The fraction of sp³-hybridized carbons (Fsp3) is 0.577. The summed E-state index contributed by atoms with van der Waals surface area (Å²) in [5, 5.41) is 3.20. The molecule has 1 N–H and O–H groups in total. The summed E-state index contributed by atoms with van der Waals surface area (Å²) < 4.78 is 12.5. The van der Waals surface area contributed by atoms with Crippen LogP contribution in [0.5, 0.6) is 0 Å². The zero-order valence-electron chi connectivity index (χ0n) is 19.1. The minimum Gasteiger partial charge on any atom is -0.489 e. The number of ether oxygens (including phenoxy) is 2. The minimum absolute atomic E-state index is 0.0617. The maximum Gasteiger partial charge on any atom is 0.302 e. The second-order valence-corrected chi connectivity index (χ2v) is 10.1. The Hall–Kier alpha value is -2.47. The highest BCUT2D eigenvalue weighted by Crippen LogP contribution is 2.62. The second-order valence-electron chi connectivity index (χ2n) is 10.1. The van der Waals surface area contributed by atoms with Gasteiger partial charge in [0, 0.05) is 44.0 Å². The van der Waals surface area contributed by atoms with Gasteiger partial charge in [-0.3, -0.25) is 14.6 Å². The first kappa shape index (κ1) is 21.4. The molecule has 6 heteroatoms. The SMILES string of the molecule is CNCC1CC(=O)C2=C(C1)O[C@@H]1C(=C2)CC[C@]2(C)[C@@H](c3cccnc3)C(OC(C)=O)C[C@@H]12. The van der Waals surface area contributed by atoms with Crippen molar-refractivity contribution in [2.45, 2.75) is 64.1 Å². The monoisotopic (exact) mass is 436 g/mol. The van der Waals surface area contributed by atoms with Gasteiger partial charge in [-0.1, -0.05) is 13.0 Å². The lowest BCUT2D eigenvalue weighted by Crippen LogP contribution is -2.44. The number of allylic oxidation sites excluding steroid dienone is 3. The molecular formula is C26H32N2O4. The second kappa shape index (κ2) is 8.14. The van der Waals surface area contributed by atoms with Crippen molar-refractivity contribution in [1.82, 2.24) is 10.3 Å². The van der Waals surface area contributed by atoms with E-state index in [2.05, 4.69) is 29.4 Å². The van der Waals surface area contributed by atoms with Crippen molar-refractivity contribution in [3.63, 3.8) is 0 Å². The first-order valence-corrected chi connectivity index (χ1v) is 11.8. The van der Waals surface area contributed by atoms with Crippen LogP contribution in [-0.4, -0.2) is 42.5 Å². The Balaban J connectivity index is 1.48. The molecule has 2 fully saturated rings. The zero-order chi connectivity index (χ0) is 22.5. The molecule has 6 atom stereocenters. The summed E-state index contributed by atoms with van der Waals surface area (Å²) in [5.74, 6) is 1.37. The number of esters is 1. The van der Waals surface area contributed by atoms with E-state index in [-0.39, 0.29) is 47.1 Å². The van der Waals surface area contributed by atoms with Crippen molar-refractivity contribution in [3.05, 3.63) is 53.1 Å². The number of hydrogen-bond acceptors (Lipinski definition) is 6. The number of carbonyl (C=O) groups excluding carboxylic acids is 2. The van der Waals surface area contributed by atoms with Gasteiger partial charge >= 0.3 is 5.97 Å². The number of hydrogen-bond donors (Lipinski definition) is 1. The normalized spacial score (nSPS) is 35.9. The third-order valence-electron chi connectivity index (χ3n) is 8.10. The molecular weight excluding hydrogens is 404 g/mol. The molecule has 5 rings (SSSR count). The molecule has 0 spiro atoms. The van der Waals surface area contributed by atoms with Gasteiger partial charge in [0.1, 0.15) is 18.0 Å². The smallest absolute Gasteiger partial charge is 0.302 e. The zero-order valence-corrected chi connectivity index (χ0v) is 19.1. The van der Waals surface area contributed by atoms with E-state index in [0.29, 0.717) is 6.42 Å². The Morgan fingerprint density at radius 2 is 2.22 bits per heavy atom. The summed E-state index contributed by atoms with van der Waals surface area (Å²) >= 11 is 0. The lowest BCUT2D eigenvalue weighted by molar-refractivity contribution is -0.147. The quantitative estimate of drug-likeness (QED) is 0.726. The Kier molecular flexibility index (Phi) is 5.44. The van der Waals surface area contributed by atoms with E-state index < -0.39 is 0 Å². The molecule has 2 saturated carbocycles. The third-order valence-corrected chi connectivity index (χ3v) is 8.10. The predicted molar refractivity (Wildman–Crippen MR) is 120 cm³/mol. The first-order chi connectivity index (χ1) is 15.4. The fourth-order valence-corrected chi connectivity index (χ4v) is 6.75. The third kappa shape index (κ3) is 3.49. The van der Waals surface area contributed by atoms with Gasteiger partial charge in [0.05, 0.1) is 5.57 Å². The molecule has 0 amide bonds. The highest BCUT2D eigenvalue weighted by atomic mass is 16.5. The van der Waals surface area contributed by atoms with Crippen LogP contribution in [0.2, 0.25) is 0 Å². The van der Waals surface area contributed by atoms with Crippen molar-refractivity contribution < 1.29 is 19.1 Å². The number of ketones is 1. The maximum absolute atomic E-state index is 12.8. The van der Waals surface area contributed by atoms with Crippen LogP contribution in [-0.2, 0) is 19.1 Å². The first-order valence-electron chi connectivity index (χ1n) is 11.8. The largest absolute Gasteiger partial charge is 0.489 e. The van der Waals surface area contributed by atoms with E-state index in [1.54, 1.807) is 6.20 Å². The Bertz CT molecular complexity index is 985. The van der Waals surface area contributed by atoms with Gasteiger partial charge in [-0.15, -0.1) is 0 Å². The van der Waals surface area contributed by atoms with Crippen LogP contribution in [0.15, 0.2) is 47.5 Å². The molecule has 1 aliphatic heterocycles. The summed E-state index contributed by atoms with van der Waals surface area (Å²) in [7, 11) is 1.92. The summed E-state index contributed by atoms with van der Waals surface area (Å²) in [5.41, 5.74) is 3.05. The molecule has 0 bridgehead atoms. The number of pyridine rings is 1. The number of Topliss-reactive ketones (excluding diaryl/α,β-unsaturated/α-hetero) is 1. The van der Waals surface area contributed by atoms with Gasteiger partial charge in [0.2, 0.25) is 0 Å². The number of nitrogens with one attached hydrogen (secondary N) is 1. The lowest BCUT2D eigenvalue weighted by atomic mass is 9.61. The van der Waals surface area contributed by atoms with E-state index >= 15 is 0 Å². The number of nitrogens with zero attached hydrogens (tertiary/aromatic N) is 1. The van der Waals surface area contributed by atoms with Crippen LogP contribution in [0.25, 0.3) is 0 Å². The average Bonchev–Trinajstić information content (AvgIpc) is 3.05. The van der Waals surface area contributed by atoms with Crippen molar-refractivity contribution in [2.24, 2.45) is 17.3 Å². The Morgan fingerprint density at radius 3 is 2.94 bits per heavy atom. The fourth-order valence-electron chi connectivity index (χ4n) is 6.75. The van der Waals surface area contributed by atoms with Gasteiger partial charge < -0.3 is 14.8 Å². The highest BCUT2D eigenvalue weighted by molar-refractivity contribution is 6.00. The summed E-state index contributed by atoms with van der Waals surface area (Å²) in [4.78, 5) is 29.1. The molecule has 2 heterocycles. The molecule has 32 heavy (non-hydrogen) atoms. The number of fused-ring (bicyclic) bond motifs is 3. The van der Waals surface area contributed by atoms with Gasteiger partial charge in [0.15, 0.2) is 5.78 Å². The van der Waals surface area contributed by atoms with Crippen LogP contribution in [0, 0.1) is 17.3 Å². The number of rotatable bonds is 4. The standard InChI is InChI=1S/C26H32N2O4/c1-15(29)31-23-12-20-25-17(6-7-26(20,2)24(23)18-5-4-8-28-14-18)11-19-21(30)9-16(13-27-3)10-22(19)32-25/h4-5,8,11,14,16,20,23-25,27H,6-7,9-10,12-13H2,1-3H3/t16?,20-,23?,24-,25+,26-/m0/s1. The van der Waals surface area contributed by atoms with E-state index in [0.717, 1.165) is 49.1 Å². The predicted octanol–water partition coefficient (Wildman–Crippen LogP) is 3.69. The number of aromatic nitrogens is 1. The average molecular weight is 437 g/mol. The lowest BCUT2D eigenvalue weighted by Gasteiger charge is -2.48. The van der Waals surface area contributed by atoms with E-state index in [9.17, 15) is 9.59 Å². The molecule has 170 valence electrons. The van der Waals surface area contributed by atoms with E-state index in [1.165, 1.54) is 12.5 Å². The van der Waals surface area contributed by atoms with E-state index in [4.69, 9.17) is 9.47 Å². The van der Waals surface area contributed by atoms with Crippen LogP contribution >= 0.6 is 0 Å². The highest BCUT2D eigenvalue weighted by Gasteiger charge is 2.60. The van der Waals surface area contributed by atoms with Crippen LogP contribution < -0.4 is 5.32 Å². The molecule has 3 aliphatic carbocycles. The van der Waals surface area contributed by atoms with E-state index in [1.807, 2.05) is 19.3 Å².